The summed E-state index contributed by atoms with van der Waals surface area (Å²) in [6.45, 7) is 6.56. The molecule has 69 valence electrons. The lowest BCUT2D eigenvalue weighted by Crippen LogP contribution is -1.81. The van der Waals surface area contributed by atoms with Crippen molar-refractivity contribution in [2.24, 2.45) is 0 Å². The molecule has 0 atom stereocenters. The maximum absolute atomic E-state index is 3.21. The van der Waals surface area contributed by atoms with E-state index in [1.807, 2.05) is 0 Å². The van der Waals surface area contributed by atoms with Crippen LogP contribution in [0.15, 0.2) is 0 Å². The van der Waals surface area contributed by atoms with Crippen LogP contribution in [-0.4, -0.2) is 0 Å². The SMILES string of the molecule is CCCCCC#CCC[C](C)C. The Kier molecular flexibility index (Phi) is 8.34. The maximum atomic E-state index is 3.21. The van der Waals surface area contributed by atoms with Gasteiger partial charge in [0.25, 0.3) is 0 Å². The molecular weight excluding hydrogens is 144 g/mol. The Morgan fingerprint density at radius 2 is 1.67 bits per heavy atom. The van der Waals surface area contributed by atoms with Crippen LogP contribution in [0.1, 0.15) is 59.3 Å². The molecule has 0 saturated carbocycles. The summed E-state index contributed by atoms with van der Waals surface area (Å²) in [7, 11) is 0. The number of hydrogen-bond acceptors (Lipinski definition) is 0. The molecule has 0 aromatic heterocycles. The zero-order chi connectivity index (χ0) is 9.23. The minimum absolute atomic E-state index is 1.05. The lowest BCUT2D eigenvalue weighted by molar-refractivity contribution is 0.736. The van der Waals surface area contributed by atoms with Gasteiger partial charge in [0.15, 0.2) is 0 Å². The van der Waals surface area contributed by atoms with E-state index in [1.54, 1.807) is 0 Å². The van der Waals surface area contributed by atoms with E-state index in [1.165, 1.54) is 31.6 Å². The first-order valence-electron chi connectivity index (χ1n) is 5.02. The molecule has 0 fully saturated rings. The van der Waals surface area contributed by atoms with Gasteiger partial charge in [0.2, 0.25) is 0 Å². The second-order valence-electron chi connectivity index (χ2n) is 3.52. The Labute approximate surface area is 77.8 Å². The third-order valence-corrected chi connectivity index (χ3v) is 1.78. The summed E-state index contributed by atoms with van der Waals surface area (Å²) >= 11 is 0. The van der Waals surface area contributed by atoms with Crippen molar-refractivity contribution >= 4 is 0 Å². The normalized spacial score (nSPS) is 9.67. The van der Waals surface area contributed by atoms with Crippen LogP contribution in [0.2, 0.25) is 0 Å². The minimum Gasteiger partial charge on any atom is -0.103 e. The highest BCUT2D eigenvalue weighted by molar-refractivity contribution is 5.00. The highest BCUT2D eigenvalue weighted by Gasteiger charge is 1.89. The van der Waals surface area contributed by atoms with Gasteiger partial charge in [0, 0.05) is 12.8 Å². The third-order valence-electron chi connectivity index (χ3n) is 1.78. The van der Waals surface area contributed by atoms with Crippen molar-refractivity contribution in [1.29, 1.82) is 0 Å². The fourth-order valence-corrected chi connectivity index (χ4v) is 0.953. The molecular formula is C12H21. The Bertz CT molecular complexity index is 134. The largest absolute Gasteiger partial charge is 0.103 e. The average molecular weight is 165 g/mol. The van der Waals surface area contributed by atoms with Crippen molar-refractivity contribution in [3.05, 3.63) is 5.92 Å². The first-order chi connectivity index (χ1) is 5.77. The van der Waals surface area contributed by atoms with Crippen LogP contribution in [0.5, 0.6) is 0 Å². The second-order valence-corrected chi connectivity index (χ2v) is 3.52. The highest BCUT2D eigenvalue weighted by atomic mass is 13.9. The topological polar surface area (TPSA) is 0 Å². The molecule has 0 rings (SSSR count). The monoisotopic (exact) mass is 165 g/mol. The average Bonchev–Trinajstić information content (AvgIpc) is 2.02. The predicted octanol–water partition coefficient (Wildman–Crippen LogP) is 3.96. The van der Waals surface area contributed by atoms with Crippen molar-refractivity contribution in [1.82, 2.24) is 0 Å². The minimum atomic E-state index is 1.05. The number of unbranched alkanes of at least 4 members (excludes halogenated alkanes) is 3. The van der Waals surface area contributed by atoms with E-state index in [4.69, 9.17) is 0 Å². The molecule has 0 aliphatic heterocycles. The highest BCUT2D eigenvalue weighted by Crippen LogP contribution is 2.04. The maximum Gasteiger partial charge on any atom is 0.00939 e. The van der Waals surface area contributed by atoms with E-state index in [0.717, 1.165) is 12.8 Å². The molecule has 0 heterocycles. The van der Waals surface area contributed by atoms with E-state index in [-0.39, 0.29) is 0 Å². The van der Waals surface area contributed by atoms with Crippen molar-refractivity contribution in [2.75, 3.05) is 0 Å². The first kappa shape index (κ1) is 11.6. The Morgan fingerprint density at radius 1 is 1.00 bits per heavy atom. The van der Waals surface area contributed by atoms with Crippen LogP contribution in [-0.2, 0) is 0 Å². The zero-order valence-electron chi connectivity index (χ0n) is 8.74. The Balaban J connectivity index is 3.12. The standard InChI is InChI=1S/C12H21/c1-4-5-6-7-8-9-10-11-12(2)3/h4-7,10-11H2,1-3H3. The molecule has 0 saturated heterocycles. The van der Waals surface area contributed by atoms with Gasteiger partial charge < -0.3 is 0 Å². The molecule has 0 aromatic rings. The first-order valence-corrected chi connectivity index (χ1v) is 5.02. The third kappa shape index (κ3) is 9.56. The zero-order valence-corrected chi connectivity index (χ0v) is 8.74. The van der Waals surface area contributed by atoms with Crippen molar-refractivity contribution in [3.63, 3.8) is 0 Å². The summed E-state index contributed by atoms with van der Waals surface area (Å²) < 4.78 is 0. The van der Waals surface area contributed by atoms with E-state index in [9.17, 15) is 0 Å². The van der Waals surface area contributed by atoms with E-state index in [2.05, 4.69) is 32.6 Å². The van der Waals surface area contributed by atoms with Crippen molar-refractivity contribution in [2.45, 2.75) is 59.3 Å². The van der Waals surface area contributed by atoms with Gasteiger partial charge in [-0.2, -0.15) is 0 Å². The van der Waals surface area contributed by atoms with Crippen molar-refractivity contribution in [3.8, 4) is 11.8 Å². The van der Waals surface area contributed by atoms with Gasteiger partial charge in [0.1, 0.15) is 0 Å². The summed E-state index contributed by atoms with van der Waals surface area (Å²) in [5, 5.41) is 0. The molecule has 0 aromatic carbocycles. The fraction of sp³-hybridized carbons (Fsp3) is 0.750. The molecule has 12 heavy (non-hydrogen) atoms. The van der Waals surface area contributed by atoms with E-state index < -0.39 is 0 Å². The van der Waals surface area contributed by atoms with Gasteiger partial charge in [-0.15, -0.1) is 11.8 Å². The molecule has 0 spiro atoms. The summed E-state index contributed by atoms with van der Waals surface area (Å²) in [6, 6.07) is 0. The predicted molar refractivity (Wildman–Crippen MR) is 55.7 cm³/mol. The molecule has 0 amide bonds. The molecule has 0 heteroatoms. The van der Waals surface area contributed by atoms with Gasteiger partial charge in [-0.3, -0.25) is 0 Å². The van der Waals surface area contributed by atoms with Gasteiger partial charge >= 0.3 is 0 Å². The van der Waals surface area contributed by atoms with Crippen LogP contribution in [0, 0.1) is 17.8 Å². The van der Waals surface area contributed by atoms with Crippen molar-refractivity contribution < 1.29 is 0 Å². The summed E-state index contributed by atoms with van der Waals surface area (Å²) in [6.07, 6.45) is 7.21. The Morgan fingerprint density at radius 3 is 2.25 bits per heavy atom. The number of hydrogen-bond donors (Lipinski definition) is 0. The fourth-order valence-electron chi connectivity index (χ4n) is 0.953. The second kappa shape index (κ2) is 8.65. The van der Waals surface area contributed by atoms with E-state index >= 15 is 0 Å². The molecule has 0 aliphatic rings. The van der Waals surface area contributed by atoms with Crippen LogP contribution in [0.25, 0.3) is 0 Å². The Hall–Kier alpha value is -0.440. The molecule has 0 unspecified atom stereocenters. The van der Waals surface area contributed by atoms with Crippen LogP contribution in [0.4, 0.5) is 0 Å². The van der Waals surface area contributed by atoms with Crippen LogP contribution >= 0.6 is 0 Å². The molecule has 1 radical (unpaired) electrons. The van der Waals surface area contributed by atoms with Gasteiger partial charge in [-0.05, 0) is 18.8 Å². The summed E-state index contributed by atoms with van der Waals surface area (Å²) in [5.41, 5.74) is 0. The molecule has 0 bridgehead atoms. The van der Waals surface area contributed by atoms with Crippen LogP contribution < -0.4 is 0 Å². The summed E-state index contributed by atoms with van der Waals surface area (Å²) in [5.74, 6) is 7.90. The van der Waals surface area contributed by atoms with Crippen LogP contribution in [0.3, 0.4) is 0 Å². The summed E-state index contributed by atoms with van der Waals surface area (Å²) in [4.78, 5) is 0. The lowest BCUT2D eigenvalue weighted by Gasteiger charge is -1.96. The van der Waals surface area contributed by atoms with Gasteiger partial charge in [-0.1, -0.05) is 33.6 Å². The molecule has 0 aliphatic carbocycles. The van der Waals surface area contributed by atoms with Gasteiger partial charge in [0.05, 0.1) is 0 Å². The van der Waals surface area contributed by atoms with E-state index in [0.29, 0.717) is 0 Å². The number of rotatable bonds is 5. The smallest absolute Gasteiger partial charge is 0.00939 e. The quantitative estimate of drug-likeness (QED) is 0.427. The molecule has 0 nitrogen and oxygen atoms in total. The lowest BCUT2D eigenvalue weighted by atomic mass is 10.1. The molecule has 0 N–H and O–H groups in total. The van der Waals surface area contributed by atoms with Gasteiger partial charge in [-0.25, -0.2) is 0 Å².